The van der Waals surface area contributed by atoms with E-state index >= 15 is 0 Å². The molecule has 0 amide bonds. The van der Waals surface area contributed by atoms with Crippen LogP contribution < -0.4 is 31.7 Å². The number of aromatic hydroxyl groups is 2. The Hall–Kier alpha value is -4.96. The first-order valence-electron chi connectivity index (χ1n) is 13.6. The van der Waals surface area contributed by atoms with Crippen molar-refractivity contribution in [2.75, 3.05) is 0 Å². The molecule has 0 atom stereocenters. The molecule has 0 aliphatic heterocycles. The smallest absolute Gasteiger partial charge is 0.305 e. The molecule has 0 radical (unpaired) electrons. The van der Waals surface area contributed by atoms with E-state index in [9.17, 15) is 55.3 Å². The fourth-order valence-corrected chi connectivity index (χ4v) is 8.25. The molecule has 0 saturated carbocycles. The number of hydrogen-bond donors (Lipinski definition) is 6. The second kappa shape index (κ2) is 12.3. The van der Waals surface area contributed by atoms with E-state index in [1.165, 1.54) is 6.07 Å². The summed E-state index contributed by atoms with van der Waals surface area (Å²) in [6.45, 7) is 0. The Balaban J connectivity index is 1.79. The van der Waals surface area contributed by atoms with Crippen molar-refractivity contribution in [3.8, 4) is 11.5 Å². The lowest BCUT2D eigenvalue weighted by Crippen LogP contribution is -2.26. The summed E-state index contributed by atoms with van der Waals surface area (Å²) in [4.78, 5) is 58.1. The van der Waals surface area contributed by atoms with Crippen molar-refractivity contribution in [2.45, 2.75) is 19.6 Å². The number of rotatable bonds is 8. The van der Waals surface area contributed by atoms with Gasteiger partial charge < -0.3 is 10.2 Å². The molecule has 7 aromatic rings. The minimum absolute atomic E-state index is 0.0309. The van der Waals surface area contributed by atoms with Crippen molar-refractivity contribution >= 4 is 109 Å². The topological polar surface area (TPSA) is 323 Å². The van der Waals surface area contributed by atoms with Crippen LogP contribution in [0.4, 0.5) is 0 Å². The number of aromatic nitrogens is 2. The van der Waals surface area contributed by atoms with E-state index in [0.717, 1.165) is 24.3 Å². The number of fused-ring (bicyclic) bond motifs is 8. The molecule has 6 aromatic carbocycles. The van der Waals surface area contributed by atoms with Gasteiger partial charge in [-0.15, -0.1) is 8.67 Å². The molecule has 0 spiro atoms. The molecule has 1 aromatic heterocycles. The first-order valence-corrected chi connectivity index (χ1v) is 18.0. The van der Waals surface area contributed by atoms with Gasteiger partial charge in [0.15, 0.2) is 27.3 Å². The first-order chi connectivity index (χ1) is 24.5. The van der Waals surface area contributed by atoms with E-state index in [1.807, 2.05) is 0 Å². The van der Waals surface area contributed by atoms with Crippen LogP contribution in [0.1, 0.15) is 0 Å². The van der Waals surface area contributed by atoms with Crippen LogP contribution in [0.2, 0.25) is 0 Å². The summed E-state index contributed by atoms with van der Waals surface area (Å²) in [7, 11) is -10.5. The predicted octanol–water partition coefficient (Wildman–Crippen LogP) is 1.31. The number of phenols is 2. The SMILES string of the molecule is O=c1c2ccc(S(=O)(=O)O)cc2c(=O)c2c1c(O)c(SOOO)c1[nH+]c3c([nH+]c12)c(S(=O)(=O)O)c(O)c1c(=O)c2ccc(SOOO)cc2c(=O)c13. The fraction of sp³-hybridized carbons (Fsp3) is 0. The van der Waals surface area contributed by atoms with Crippen molar-refractivity contribution in [3.63, 3.8) is 0 Å². The highest BCUT2D eigenvalue weighted by Gasteiger charge is 2.38. The van der Waals surface area contributed by atoms with Crippen LogP contribution in [0, 0.1) is 0 Å². The Morgan fingerprint density at radius 2 is 1.06 bits per heavy atom. The van der Waals surface area contributed by atoms with Gasteiger partial charge >= 0.3 is 15.6 Å². The molecule has 0 bridgehead atoms. The van der Waals surface area contributed by atoms with Gasteiger partial charge in [-0.3, -0.25) is 28.3 Å². The quantitative estimate of drug-likeness (QED) is 0.0315. The fourth-order valence-electron chi connectivity index (χ4n) is 6.07. The Kier molecular flexibility index (Phi) is 8.40. The van der Waals surface area contributed by atoms with Crippen LogP contribution in [0.25, 0.3) is 65.2 Å². The average molecular weight is 795 g/mol. The number of hydrogen-bond acceptors (Lipinski definition) is 18. The molecule has 1 heterocycles. The van der Waals surface area contributed by atoms with Crippen LogP contribution in [-0.4, -0.2) is 46.7 Å². The highest BCUT2D eigenvalue weighted by atomic mass is 32.2. The minimum atomic E-state index is -5.55. The predicted molar refractivity (Wildman–Crippen MR) is 176 cm³/mol. The van der Waals surface area contributed by atoms with Crippen molar-refractivity contribution in [1.82, 2.24) is 0 Å². The highest BCUT2D eigenvalue weighted by Crippen LogP contribution is 2.41. The number of benzene rings is 6. The summed E-state index contributed by atoms with van der Waals surface area (Å²) in [5.41, 5.74) is -7.00. The summed E-state index contributed by atoms with van der Waals surface area (Å²) in [5.74, 6) is -2.42. The van der Waals surface area contributed by atoms with Gasteiger partial charge in [-0.2, -0.15) is 26.8 Å². The van der Waals surface area contributed by atoms with E-state index in [4.69, 9.17) is 10.5 Å². The second-order valence-electron chi connectivity index (χ2n) is 10.7. The first kappa shape index (κ1) is 35.4. The number of nitrogens with one attached hydrogen (secondary N) is 2. The van der Waals surface area contributed by atoms with E-state index in [0.29, 0.717) is 18.1 Å². The lowest BCUT2D eigenvalue weighted by atomic mass is 9.98. The summed E-state index contributed by atoms with van der Waals surface area (Å²) in [6, 6.07) is 5.87. The third-order valence-electron chi connectivity index (χ3n) is 8.09. The zero-order valence-electron chi connectivity index (χ0n) is 24.7. The Morgan fingerprint density at radius 1 is 0.558 bits per heavy atom. The molecular formula is C28H14N2O18S4+2. The zero-order chi connectivity index (χ0) is 37.6. The van der Waals surface area contributed by atoms with Crippen LogP contribution in [0.3, 0.4) is 0 Å². The van der Waals surface area contributed by atoms with Gasteiger partial charge in [0.05, 0.1) is 39.8 Å². The molecule has 0 aliphatic carbocycles. The second-order valence-corrected chi connectivity index (χ2v) is 15.0. The molecule has 0 aliphatic rings. The van der Waals surface area contributed by atoms with Crippen LogP contribution >= 0.6 is 24.1 Å². The third-order valence-corrected chi connectivity index (χ3v) is 11.1. The lowest BCUT2D eigenvalue weighted by molar-refractivity contribution is -0.432. The molecule has 24 heteroatoms. The summed E-state index contributed by atoms with van der Waals surface area (Å²) >= 11 is 0.450. The average Bonchev–Trinajstić information content (AvgIpc) is 3.09. The van der Waals surface area contributed by atoms with Gasteiger partial charge in [0.1, 0.15) is 10.8 Å². The Bertz CT molecular complexity index is 3220. The maximum absolute atomic E-state index is 14.1. The summed E-state index contributed by atoms with van der Waals surface area (Å²) in [6.07, 6.45) is 0. The van der Waals surface area contributed by atoms with E-state index in [2.05, 4.69) is 28.7 Å². The van der Waals surface area contributed by atoms with E-state index in [1.54, 1.807) is 0 Å². The summed E-state index contributed by atoms with van der Waals surface area (Å²) < 4.78 is 78.1. The largest absolute Gasteiger partial charge is 0.506 e. The van der Waals surface area contributed by atoms with Crippen molar-refractivity contribution < 1.29 is 75.4 Å². The van der Waals surface area contributed by atoms with Gasteiger partial charge in [0.2, 0.25) is 15.8 Å². The van der Waals surface area contributed by atoms with Crippen molar-refractivity contribution in [3.05, 3.63) is 77.3 Å². The number of aromatic amines is 2. The Labute approximate surface area is 292 Å². The molecule has 0 saturated heterocycles. The minimum Gasteiger partial charge on any atom is -0.506 e. The molecular weight excluding hydrogens is 781 g/mol. The third kappa shape index (κ3) is 5.25. The standard InChI is InChI=1S/C28H12N2O18S4/c31-21-10-4-2-8(51(39,40)41)6-12(10)24(34)13-15(21)25(35)27(50-48-46-38)19-17(13)30-20-18(29-19)14-16(26(36)28(20)52(42,43)44)22(32)9-3-1-7(49-47-45-37)5-11(9)23(14)33/h1-6,35-38H,(H,39,40,41)(H,42,43,44)/p+2. The van der Waals surface area contributed by atoms with Crippen molar-refractivity contribution in [2.24, 2.45) is 0 Å². The van der Waals surface area contributed by atoms with Gasteiger partial charge in [0, 0.05) is 26.4 Å². The molecule has 7 rings (SSSR count). The Morgan fingerprint density at radius 3 is 1.63 bits per heavy atom. The van der Waals surface area contributed by atoms with E-state index < -0.39 is 123 Å². The molecule has 52 heavy (non-hydrogen) atoms. The number of H-pyrrole nitrogens is 2. The van der Waals surface area contributed by atoms with Gasteiger partial charge in [-0.1, -0.05) is 10.1 Å². The maximum atomic E-state index is 14.1. The normalized spacial score (nSPS) is 12.7. The molecule has 20 nitrogen and oxygen atoms in total. The monoisotopic (exact) mass is 794 g/mol. The highest BCUT2D eigenvalue weighted by molar-refractivity contribution is 7.95. The van der Waals surface area contributed by atoms with E-state index in [-0.39, 0.29) is 27.7 Å². The van der Waals surface area contributed by atoms with Gasteiger partial charge in [-0.25, -0.2) is 10.5 Å². The maximum Gasteiger partial charge on any atom is 0.305 e. The van der Waals surface area contributed by atoms with Gasteiger partial charge in [-0.05, 0) is 36.4 Å². The van der Waals surface area contributed by atoms with Crippen LogP contribution in [-0.2, 0) is 39.0 Å². The van der Waals surface area contributed by atoms with Crippen molar-refractivity contribution in [1.29, 1.82) is 0 Å². The van der Waals surface area contributed by atoms with Gasteiger partial charge in [0.25, 0.3) is 26.7 Å². The summed E-state index contributed by atoms with van der Waals surface area (Å²) in [5, 5.41) is 42.4. The lowest BCUT2D eigenvalue weighted by Gasteiger charge is -2.09. The van der Waals surface area contributed by atoms with Crippen LogP contribution in [0.15, 0.2) is 75.2 Å². The number of phenolic OH excluding ortho intramolecular Hbond substituents is 2. The van der Waals surface area contributed by atoms with Crippen LogP contribution in [0.5, 0.6) is 11.5 Å². The zero-order valence-corrected chi connectivity index (χ0v) is 27.9. The molecule has 266 valence electrons. The molecule has 8 N–H and O–H groups in total. The molecule has 0 fully saturated rings. The molecule has 0 unspecified atom stereocenters.